The summed E-state index contributed by atoms with van der Waals surface area (Å²) < 4.78 is 0. The number of amidine groups is 1. The van der Waals surface area contributed by atoms with Gasteiger partial charge in [-0.3, -0.25) is 0 Å². The van der Waals surface area contributed by atoms with Gasteiger partial charge in [-0.15, -0.1) is 11.3 Å². The molecule has 0 aliphatic carbocycles. The summed E-state index contributed by atoms with van der Waals surface area (Å²) in [7, 11) is 0. The minimum atomic E-state index is -1.04. The molecule has 0 radical (unpaired) electrons. The fraction of sp³-hybridized carbons (Fsp3) is 0.118. The zero-order chi connectivity index (χ0) is 17.6. The van der Waals surface area contributed by atoms with Crippen LogP contribution in [0.25, 0.3) is 11.3 Å². The van der Waals surface area contributed by atoms with Crippen molar-refractivity contribution in [1.82, 2.24) is 15.3 Å². The number of carbonyl (C=O) groups is 1. The first-order chi connectivity index (χ1) is 12.1. The van der Waals surface area contributed by atoms with E-state index in [0.29, 0.717) is 18.8 Å². The highest BCUT2D eigenvalue weighted by molar-refractivity contribution is 7.12. The van der Waals surface area contributed by atoms with Gasteiger partial charge < -0.3 is 21.1 Å². The first-order valence-electron chi connectivity index (χ1n) is 7.61. The highest BCUT2D eigenvalue weighted by Crippen LogP contribution is 2.23. The molecule has 2 heterocycles. The lowest BCUT2D eigenvalue weighted by Gasteiger charge is -2.02. The van der Waals surface area contributed by atoms with E-state index >= 15 is 0 Å². The second kappa shape index (κ2) is 7.63. The quantitative estimate of drug-likeness (QED) is 0.402. The van der Waals surface area contributed by atoms with E-state index in [2.05, 4.69) is 20.3 Å². The van der Waals surface area contributed by atoms with Gasteiger partial charge in [-0.2, -0.15) is 0 Å². The van der Waals surface area contributed by atoms with E-state index < -0.39 is 6.09 Å². The Kier molecular flexibility index (Phi) is 5.10. The van der Waals surface area contributed by atoms with E-state index in [1.54, 1.807) is 17.5 Å². The van der Waals surface area contributed by atoms with Gasteiger partial charge in [-0.1, -0.05) is 18.2 Å². The second-order valence-electron chi connectivity index (χ2n) is 5.25. The number of H-pyrrole nitrogens is 1. The topological polar surface area (TPSA) is 116 Å². The molecule has 0 fully saturated rings. The number of aromatic amines is 1. The predicted octanol–water partition coefficient (Wildman–Crippen LogP) is 2.99. The van der Waals surface area contributed by atoms with E-state index in [0.717, 1.165) is 27.6 Å². The molecule has 1 amide bonds. The SMILES string of the molecule is NC(=Nc1cccc(-c2cnc(CCNC(=O)O)[nH]2)c1)c1cccs1. The summed E-state index contributed by atoms with van der Waals surface area (Å²) in [6.45, 7) is 0.309. The molecule has 0 bridgehead atoms. The van der Waals surface area contributed by atoms with Crippen molar-refractivity contribution in [3.63, 3.8) is 0 Å². The average molecular weight is 355 g/mol. The lowest BCUT2D eigenvalue weighted by molar-refractivity contribution is 0.194. The Bertz CT molecular complexity index is 886. The summed E-state index contributed by atoms with van der Waals surface area (Å²) >= 11 is 1.54. The van der Waals surface area contributed by atoms with Crippen molar-refractivity contribution in [2.75, 3.05) is 6.54 Å². The molecule has 25 heavy (non-hydrogen) atoms. The van der Waals surface area contributed by atoms with Crippen LogP contribution in [0.2, 0.25) is 0 Å². The third kappa shape index (κ3) is 4.45. The molecule has 3 rings (SSSR count). The highest BCUT2D eigenvalue weighted by atomic mass is 32.1. The number of imidazole rings is 1. The molecule has 0 spiro atoms. The first kappa shape index (κ1) is 16.7. The number of nitrogens with zero attached hydrogens (tertiary/aromatic N) is 2. The van der Waals surface area contributed by atoms with Gasteiger partial charge in [0.2, 0.25) is 0 Å². The average Bonchev–Trinajstić information content (AvgIpc) is 3.27. The number of carboxylic acid groups (broad SMARTS) is 1. The third-order valence-corrected chi connectivity index (χ3v) is 4.34. The maximum Gasteiger partial charge on any atom is 0.404 e. The first-order valence-corrected chi connectivity index (χ1v) is 8.49. The fourth-order valence-electron chi connectivity index (χ4n) is 2.29. The Hall–Kier alpha value is -3.13. The maximum absolute atomic E-state index is 10.5. The Morgan fingerprint density at radius 1 is 1.36 bits per heavy atom. The van der Waals surface area contributed by atoms with E-state index in [9.17, 15) is 4.79 Å². The number of nitrogens with two attached hydrogens (primary N) is 1. The van der Waals surface area contributed by atoms with Crippen LogP contribution in [-0.4, -0.2) is 33.5 Å². The molecular weight excluding hydrogens is 338 g/mol. The molecule has 8 heteroatoms. The highest BCUT2D eigenvalue weighted by Gasteiger charge is 2.06. The van der Waals surface area contributed by atoms with Crippen LogP contribution in [0.5, 0.6) is 0 Å². The normalized spacial score (nSPS) is 11.4. The van der Waals surface area contributed by atoms with Crippen LogP contribution in [0.3, 0.4) is 0 Å². The number of hydrogen-bond acceptors (Lipinski definition) is 4. The minimum Gasteiger partial charge on any atom is -0.465 e. The molecule has 0 aliphatic rings. The lowest BCUT2D eigenvalue weighted by Crippen LogP contribution is -2.23. The predicted molar refractivity (Wildman–Crippen MR) is 98.5 cm³/mol. The van der Waals surface area contributed by atoms with Crippen molar-refractivity contribution in [3.8, 4) is 11.3 Å². The molecule has 3 aromatic rings. The largest absolute Gasteiger partial charge is 0.465 e. The molecule has 0 saturated carbocycles. The molecule has 0 aliphatic heterocycles. The Labute approximate surface area is 148 Å². The van der Waals surface area contributed by atoms with Crippen LogP contribution in [-0.2, 0) is 6.42 Å². The molecule has 0 atom stereocenters. The molecule has 7 nitrogen and oxygen atoms in total. The standard InChI is InChI=1S/C17H17N5O2S/c18-16(14-5-2-8-25-14)21-12-4-1-3-11(9-12)13-10-20-15(22-13)6-7-19-17(23)24/h1-5,8-10,19H,6-7H2,(H2,18,21)(H,20,22)(H,23,24). The number of hydrogen-bond donors (Lipinski definition) is 4. The zero-order valence-corrected chi connectivity index (χ0v) is 14.1. The molecule has 0 unspecified atom stereocenters. The minimum absolute atomic E-state index is 0.309. The van der Waals surface area contributed by atoms with Gasteiger partial charge >= 0.3 is 6.09 Å². The van der Waals surface area contributed by atoms with Gasteiger partial charge in [-0.05, 0) is 23.6 Å². The Morgan fingerprint density at radius 3 is 3.00 bits per heavy atom. The molecular formula is C17H17N5O2S. The fourth-order valence-corrected chi connectivity index (χ4v) is 2.91. The third-order valence-electron chi connectivity index (χ3n) is 3.45. The number of thiophene rings is 1. The number of nitrogens with one attached hydrogen (secondary N) is 2. The number of aromatic nitrogens is 2. The number of aliphatic imine (C=N–C) groups is 1. The van der Waals surface area contributed by atoms with Crippen LogP contribution in [0.1, 0.15) is 10.7 Å². The number of amides is 1. The molecule has 128 valence electrons. The number of benzene rings is 1. The Balaban J connectivity index is 1.74. The van der Waals surface area contributed by atoms with Gasteiger partial charge in [0.05, 0.1) is 22.5 Å². The molecule has 5 N–H and O–H groups in total. The van der Waals surface area contributed by atoms with Crippen molar-refractivity contribution in [3.05, 3.63) is 58.7 Å². The second-order valence-corrected chi connectivity index (χ2v) is 6.20. The summed E-state index contributed by atoms with van der Waals surface area (Å²) in [5, 5.41) is 12.9. The van der Waals surface area contributed by atoms with Crippen molar-refractivity contribution in [2.24, 2.45) is 10.7 Å². The molecule has 2 aromatic heterocycles. The summed E-state index contributed by atoms with van der Waals surface area (Å²) in [4.78, 5) is 23.3. The molecule has 0 saturated heterocycles. The monoisotopic (exact) mass is 355 g/mol. The van der Waals surface area contributed by atoms with Crippen molar-refractivity contribution in [2.45, 2.75) is 6.42 Å². The van der Waals surface area contributed by atoms with Gasteiger partial charge in [0.1, 0.15) is 11.7 Å². The van der Waals surface area contributed by atoms with Crippen molar-refractivity contribution < 1.29 is 9.90 Å². The lowest BCUT2D eigenvalue weighted by atomic mass is 10.1. The van der Waals surface area contributed by atoms with Crippen LogP contribution >= 0.6 is 11.3 Å². The summed E-state index contributed by atoms with van der Waals surface area (Å²) in [5.74, 6) is 1.20. The van der Waals surface area contributed by atoms with Gasteiger partial charge in [0, 0.05) is 18.5 Å². The van der Waals surface area contributed by atoms with Crippen LogP contribution in [0, 0.1) is 0 Å². The van der Waals surface area contributed by atoms with Gasteiger partial charge in [0.25, 0.3) is 0 Å². The van der Waals surface area contributed by atoms with E-state index in [1.807, 2.05) is 41.8 Å². The zero-order valence-electron chi connectivity index (χ0n) is 13.3. The van der Waals surface area contributed by atoms with Crippen molar-refractivity contribution >= 4 is 29.0 Å². The van der Waals surface area contributed by atoms with Gasteiger partial charge in [-0.25, -0.2) is 14.8 Å². The number of rotatable bonds is 6. The van der Waals surface area contributed by atoms with Gasteiger partial charge in [0.15, 0.2) is 0 Å². The maximum atomic E-state index is 10.5. The van der Waals surface area contributed by atoms with Crippen LogP contribution in [0.15, 0.2) is 53.0 Å². The summed E-state index contributed by atoms with van der Waals surface area (Å²) in [6.07, 6.45) is 1.18. The smallest absolute Gasteiger partial charge is 0.404 e. The van der Waals surface area contributed by atoms with Crippen molar-refractivity contribution in [1.29, 1.82) is 0 Å². The van der Waals surface area contributed by atoms with E-state index in [1.165, 1.54) is 0 Å². The van der Waals surface area contributed by atoms with Crippen LogP contribution in [0.4, 0.5) is 10.5 Å². The molecule has 1 aromatic carbocycles. The summed E-state index contributed by atoms with van der Waals surface area (Å²) in [6, 6.07) is 11.5. The van der Waals surface area contributed by atoms with Crippen LogP contribution < -0.4 is 11.1 Å². The Morgan fingerprint density at radius 2 is 2.24 bits per heavy atom. The van der Waals surface area contributed by atoms with E-state index in [-0.39, 0.29) is 0 Å². The van der Waals surface area contributed by atoms with E-state index in [4.69, 9.17) is 10.8 Å². The summed E-state index contributed by atoms with van der Waals surface area (Å²) in [5.41, 5.74) is 8.57.